The molecule has 4 aromatic rings. The number of piperazine rings is 1. The number of nitrogens with zero attached hydrogens (tertiary/aromatic N) is 4. The van der Waals surface area contributed by atoms with Gasteiger partial charge in [0.2, 0.25) is 5.88 Å². The first-order valence-electron chi connectivity index (χ1n) is 13.9. The van der Waals surface area contributed by atoms with Gasteiger partial charge >= 0.3 is 6.18 Å². The number of ether oxygens (including phenoxy) is 1. The average molecular weight is 624 g/mol. The summed E-state index contributed by atoms with van der Waals surface area (Å²) in [6.45, 7) is 4.85. The quantitative estimate of drug-likeness (QED) is 0.186. The van der Waals surface area contributed by atoms with E-state index in [0.717, 1.165) is 30.9 Å². The summed E-state index contributed by atoms with van der Waals surface area (Å²) < 4.78 is 48.3. The largest absolute Gasteiger partial charge is 0.438 e. The number of carbonyl (C=O) groups excluding carboxylic acids is 1. The molecule has 3 heterocycles. The Morgan fingerprint density at radius 3 is 2.55 bits per heavy atom. The van der Waals surface area contributed by atoms with Crippen molar-refractivity contribution < 1.29 is 22.7 Å². The van der Waals surface area contributed by atoms with E-state index in [1.54, 1.807) is 32.2 Å². The Hall–Kier alpha value is -4.33. The molecule has 2 aromatic heterocycles. The van der Waals surface area contributed by atoms with E-state index >= 15 is 0 Å². The number of aryl methyl sites for hydroxylation is 1. The lowest BCUT2D eigenvalue weighted by atomic mass is 10.0. The van der Waals surface area contributed by atoms with Gasteiger partial charge < -0.3 is 25.7 Å². The van der Waals surface area contributed by atoms with Crippen LogP contribution >= 0.6 is 11.3 Å². The molecule has 1 aliphatic rings. The van der Waals surface area contributed by atoms with Crippen molar-refractivity contribution >= 4 is 35.0 Å². The van der Waals surface area contributed by atoms with Crippen molar-refractivity contribution in [3.8, 4) is 23.0 Å². The Balaban J connectivity index is 1.39. The van der Waals surface area contributed by atoms with Crippen LogP contribution in [0.1, 0.15) is 32.6 Å². The SMILES string of the molecule is CNc1nc(-c2ccsc2)nc(Oc2ccc(C)c(NC(=O)c3ccc(CN4CCN(C)CC4)c(C(F)(F)F)c3)c2)c1C=N. The van der Waals surface area contributed by atoms with Crippen LogP contribution in [0.4, 0.5) is 24.7 Å². The number of thiophene rings is 1. The number of alkyl halides is 3. The average Bonchev–Trinajstić information content (AvgIpc) is 3.54. The number of aromatic nitrogens is 2. The molecule has 0 bridgehead atoms. The van der Waals surface area contributed by atoms with Gasteiger partial charge in [0, 0.05) is 74.2 Å². The third kappa shape index (κ3) is 7.07. The zero-order valence-electron chi connectivity index (χ0n) is 24.5. The number of amides is 1. The summed E-state index contributed by atoms with van der Waals surface area (Å²) in [5.41, 5.74) is 1.37. The second-order valence-corrected chi connectivity index (χ2v) is 11.3. The van der Waals surface area contributed by atoms with Gasteiger partial charge in [-0.05, 0) is 54.7 Å². The monoisotopic (exact) mass is 623 g/mol. The fraction of sp³-hybridized carbons (Fsp3) is 0.290. The van der Waals surface area contributed by atoms with Crippen LogP contribution in [-0.4, -0.2) is 72.2 Å². The van der Waals surface area contributed by atoms with Crippen molar-refractivity contribution in [1.82, 2.24) is 19.8 Å². The molecule has 3 N–H and O–H groups in total. The maximum Gasteiger partial charge on any atom is 0.416 e. The van der Waals surface area contributed by atoms with Gasteiger partial charge in [0.15, 0.2) is 5.82 Å². The molecule has 0 aliphatic carbocycles. The molecule has 1 fully saturated rings. The van der Waals surface area contributed by atoms with Gasteiger partial charge in [-0.1, -0.05) is 12.1 Å². The smallest absolute Gasteiger partial charge is 0.416 e. The van der Waals surface area contributed by atoms with Crippen molar-refractivity contribution in [2.45, 2.75) is 19.6 Å². The van der Waals surface area contributed by atoms with Crippen LogP contribution in [0.3, 0.4) is 0 Å². The number of carbonyl (C=O) groups is 1. The zero-order valence-corrected chi connectivity index (χ0v) is 25.3. The van der Waals surface area contributed by atoms with E-state index in [9.17, 15) is 18.0 Å². The van der Waals surface area contributed by atoms with Crippen molar-refractivity contribution in [1.29, 1.82) is 5.41 Å². The molecule has 0 saturated carbocycles. The van der Waals surface area contributed by atoms with Crippen molar-refractivity contribution in [3.05, 3.63) is 81.0 Å². The highest BCUT2D eigenvalue weighted by Gasteiger charge is 2.34. The molecule has 2 aromatic carbocycles. The number of rotatable bonds is 9. The standard InChI is InChI=1S/C31H32F3N7O2S/c1-19-4-7-23(43-30-24(16-35)28(36-2)38-27(39-30)22-8-13-44-18-22)15-26(19)37-29(42)20-5-6-21(25(14-20)31(32,33)34)17-41-11-9-40(3)10-12-41/h4-8,13-16,18,35H,9-12,17H2,1-3H3,(H,37,42)(H,36,38,39). The van der Waals surface area contributed by atoms with Crippen LogP contribution in [0.5, 0.6) is 11.6 Å². The third-order valence-electron chi connectivity index (χ3n) is 7.41. The number of likely N-dealkylation sites (N-methyl/N-ethyl adjacent to an activating group) is 1. The summed E-state index contributed by atoms with van der Waals surface area (Å²) in [6.07, 6.45) is -3.53. The van der Waals surface area contributed by atoms with E-state index in [2.05, 4.69) is 25.5 Å². The number of nitrogens with one attached hydrogen (secondary N) is 3. The number of benzene rings is 2. The predicted molar refractivity (Wildman–Crippen MR) is 166 cm³/mol. The molecule has 0 unspecified atom stereocenters. The number of hydrogen-bond acceptors (Lipinski definition) is 9. The van der Waals surface area contributed by atoms with Crippen molar-refractivity contribution in [2.24, 2.45) is 0 Å². The Morgan fingerprint density at radius 2 is 1.89 bits per heavy atom. The van der Waals surface area contributed by atoms with Gasteiger partial charge in [-0.3, -0.25) is 9.69 Å². The summed E-state index contributed by atoms with van der Waals surface area (Å²) in [4.78, 5) is 26.4. The summed E-state index contributed by atoms with van der Waals surface area (Å²) in [5.74, 6) is 0.579. The Bertz CT molecular complexity index is 1650. The molecule has 230 valence electrons. The number of anilines is 2. The Kier molecular flexibility index (Phi) is 9.28. The molecular formula is C31H32F3N7O2S. The molecule has 1 amide bonds. The van der Waals surface area contributed by atoms with E-state index in [4.69, 9.17) is 10.1 Å². The molecule has 0 radical (unpaired) electrons. The summed E-state index contributed by atoms with van der Waals surface area (Å²) >= 11 is 1.49. The topological polar surface area (TPSA) is 106 Å². The number of halogens is 3. The van der Waals surface area contributed by atoms with Crippen LogP contribution in [0.15, 0.2) is 53.2 Å². The lowest BCUT2D eigenvalue weighted by molar-refractivity contribution is -0.138. The molecule has 0 atom stereocenters. The molecule has 44 heavy (non-hydrogen) atoms. The summed E-state index contributed by atoms with van der Waals surface area (Å²) in [7, 11) is 3.67. The van der Waals surface area contributed by atoms with Crippen LogP contribution in [0.2, 0.25) is 0 Å². The zero-order chi connectivity index (χ0) is 31.4. The van der Waals surface area contributed by atoms with E-state index in [0.29, 0.717) is 47.3 Å². The van der Waals surface area contributed by atoms with Gasteiger partial charge in [0.05, 0.1) is 11.1 Å². The summed E-state index contributed by atoms with van der Waals surface area (Å²) in [6, 6.07) is 10.6. The van der Waals surface area contributed by atoms with Crippen molar-refractivity contribution in [2.75, 3.05) is 50.9 Å². The lowest BCUT2D eigenvalue weighted by Gasteiger charge is -2.33. The maximum atomic E-state index is 14.1. The highest BCUT2D eigenvalue weighted by molar-refractivity contribution is 7.08. The molecule has 5 rings (SSSR count). The van der Waals surface area contributed by atoms with Gasteiger partial charge in [-0.25, -0.2) is 4.98 Å². The predicted octanol–water partition coefficient (Wildman–Crippen LogP) is 6.36. The lowest BCUT2D eigenvalue weighted by Crippen LogP contribution is -2.44. The minimum Gasteiger partial charge on any atom is -0.438 e. The fourth-order valence-electron chi connectivity index (χ4n) is 4.84. The minimum atomic E-state index is -4.61. The molecular weight excluding hydrogens is 591 g/mol. The normalized spacial score (nSPS) is 14.3. The first-order valence-corrected chi connectivity index (χ1v) is 14.8. The highest BCUT2D eigenvalue weighted by Crippen LogP contribution is 2.35. The second-order valence-electron chi connectivity index (χ2n) is 10.5. The summed E-state index contributed by atoms with van der Waals surface area (Å²) in [5, 5.41) is 17.4. The van der Waals surface area contributed by atoms with Crippen molar-refractivity contribution in [3.63, 3.8) is 0 Å². The number of hydrogen-bond donors (Lipinski definition) is 3. The first kappa shape index (κ1) is 31.1. The third-order valence-corrected chi connectivity index (χ3v) is 8.09. The van der Waals surface area contributed by atoms with Gasteiger partial charge in [-0.2, -0.15) is 29.5 Å². The second kappa shape index (κ2) is 13.1. The maximum absolute atomic E-state index is 14.1. The van der Waals surface area contributed by atoms with Crippen LogP contribution in [0, 0.1) is 12.3 Å². The van der Waals surface area contributed by atoms with Gasteiger partial charge in [0.25, 0.3) is 5.91 Å². The molecule has 9 nitrogen and oxygen atoms in total. The minimum absolute atomic E-state index is 0.105. The fourth-order valence-corrected chi connectivity index (χ4v) is 5.47. The van der Waals surface area contributed by atoms with Crippen LogP contribution in [0.25, 0.3) is 11.4 Å². The van der Waals surface area contributed by atoms with Crippen LogP contribution in [-0.2, 0) is 12.7 Å². The molecule has 13 heteroatoms. The van der Waals surface area contributed by atoms with E-state index in [-0.39, 0.29) is 23.6 Å². The van der Waals surface area contributed by atoms with E-state index in [1.165, 1.54) is 23.5 Å². The molecule has 1 aliphatic heterocycles. The van der Waals surface area contributed by atoms with Gasteiger partial charge in [0.1, 0.15) is 11.6 Å². The Morgan fingerprint density at radius 1 is 1.11 bits per heavy atom. The van der Waals surface area contributed by atoms with Gasteiger partial charge in [-0.15, -0.1) is 0 Å². The molecule has 0 spiro atoms. The first-order chi connectivity index (χ1) is 21.0. The van der Waals surface area contributed by atoms with E-state index < -0.39 is 17.6 Å². The highest BCUT2D eigenvalue weighted by atomic mass is 32.1. The van der Waals surface area contributed by atoms with Crippen LogP contribution < -0.4 is 15.4 Å². The Labute approximate surface area is 257 Å². The van der Waals surface area contributed by atoms with E-state index in [1.807, 2.05) is 28.8 Å². The molecule has 1 saturated heterocycles.